The first-order valence-electron chi connectivity index (χ1n) is 7.53. The molecule has 0 aromatic carbocycles. The lowest BCUT2D eigenvalue weighted by Crippen LogP contribution is -2.46. The van der Waals surface area contributed by atoms with Gasteiger partial charge < -0.3 is 14.8 Å². The van der Waals surface area contributed by atoms with Gasteiger partial charge in [-0.3, -0.25) is 4.79 Å². The molecule has 1 heterocycles. The van der Waals surface area contributed by atoms with Crippen LogP contribution in [0, 0.1) is 12.3 Å². The molecule has 0 atom stereocenters. The molecule has 1 aliphatic rings. The van der Waals surface area contributed by atoms with Crippen LogP contribution in [0.1, 0.15) is 51.1 Å². The second kappa shape index (κ2) is 6.06. The van der Waals surface area contributed by atoms with Crippen LogP contribution >= 0.6 is 0 Å². The van der Waals surface area contributed by atoms with E-state index in [9.17, 15) is 9.90 Å². The minimum Gasteiger partial charge on any atom is -0.462 e. The summed E-state index contributed by atoms with van der Waals surface area (Å²) in [6.45, 7) is 6.61. The number of hydrogen-bond donors (Lipinski definition) is 2. The molecule has 1 aromatic rings. The second-order valence-corrected chi connectivity index (χ2v) is 6.89. The smallest absolute Gasteiger partial charge is 0.244 e. The van der Waals surface area contributed by atoms with Crippen molar-refractivity contribution in [1.82, 2.24) is 5.32 Å². The highest BCUT2D eigenvalue weighted by atomic mass is 16.3. The lowest BCUT2D eigenvalue weighted by Gasteiger charge is -2.40. The van der Waals surface area contributed by atoms with Gasteiger partial charge in [0.2, 0.25) is 5.91 Å². The van der Waals surface area contributed by atoms with Gasteiger partial charge in [0.25, 0.3) is 0 Å². The summed E-state index contributed by atoms with van der Waals surface area (Å²) in [6, 6.07) is 3.67. The van der Waals surface area contributed by atoms with Crippen LogP contribution in [-0.4, -0.2) is 23.2 Å². The van der Waals surface area contributed by atoms with Gasteiger partial charge >= 0.3 is 0 Å². The van der Waals surface area contributed by atoms with Gasteiger partial charge in [0, 0.05) is 12.6 Å². The van der Waals surface area contributed by atoms with E-state index in [1.807, 2.05) is 19.1 Å². The third kappa shape index (κ3) is 4.74. The van der Waals surface area contributed by atoms with Crippen LogP contribution in [0.25, 0.3) is 6.08 Å². The fourth-order valence-corrected chi connectivity index (χ4v) is 2.58. The fourth-order valence-electron chi connectivity index (χ4n) is 2.58. The molecule has 1 aliphatic carbocycles. The maximum atomic E-state index is 11.8. The molecule has 1 amide bonds. The van der Waals surface area contributed by atoms with E-state index in [4.69, 9.17) is 4.42 Å². The zero-order chi connectivity index (χ0) is 15.5. The van der Waals surface area contributed by atoms with E-state index in [-0.39, 0.29) is 5.91 Å². The third-order valence-electron chi connectivity index (χ3n) is 4.29. The molecule has 2 rings (SSSR count). The lowest BCUT2D eigenvalue weighted by molar-refractivity contribution is -0.118. The van der Waals surface area contributed by atoms with Crippen molar-refractivity contribution in [3.63, 3.8) is 0 Å². The molecule has 1 fully saturated rings. The molecular weight excluding hydrogens is 266 g/mol. The summed E-state index contributed by atoms with van der Waals surface area (Å²) in [7, 11) is 0. The van der Waals surface area contributed by atoms with Crippen molar-refractivity contribution in [3.05, 3.63) is 29.7 Å². The van der Waals surface area contributed by atoms with E-state index in [0.29, 0.717) is 17.7 Å². The number of nitrogens with one attached hydrogen (secondary N) is 1. The van der Waals surface area contributed by atoms with Gasteiger partial charge in [-0.1, -0.05) is 13.8 Å². The normalized spacial score (nSPS) is 20.6. The highest BCUT2D eigenvalue weighted by molar-refractivity contribution is 5.91. The summed E-state index contributed by atoms with van der Waals surface area (Å²) in [5, 5.41) is 13.3. The summed E-state index contributed by atoms with van der Waals surface area (Å²) in [6.07, 6.45) is 6.52. The topological polar surface area (TPSA) is 62.5 Å². The molecule has 2 N–H and O–H groups in total. The van der Waals surface area contributed by atoms with Crippen LogP contribution in [0.3, 0.4) is 0 Å². The predicted octanol–water partition coefficient (Wildman–Crippen LogP) is 3.05. The van der Waals surface area contributed by atoms with Crippen LogP contribution in [0.15, 0.2) is 22.6 Å². The minimum atomic E-state index is -0.764. The SMILES string of the molecule is Cc1ccc(C=CC(=O)NCC2(O)CCC(C)(C)CC2)o1. The van der Waals surface area contributed by atoms with E-state index in [2.05, 4.69) is 19.2 Å². The van der Waals surface area contributed by atoms with Gasteiger partial charge in [0.1, 0.15) is 11.5 Å². The maximum Gasteiger partial charge on any atom is 0.244 e. The molecule has 1 aromatic heterocycles. The van der Waals surface area contributed by atoms with Gasteiger partial charge in [-0.05, 0) is 56.2 Å². The summed E-state index contributed by atoms with van der Waals surface area (Å²) >= 11 is 0. The number of furan rings is 1. The van der Waals surface area contributed by atoms with Crippen molar-refractivity contribution in [2.24, 2.45) is 5.41 Å². The summed E-state index contributed by atoms with van der Waals surface area (Å²) in [4.78, 5) is 11.8. The third-order valence-corrected chi connectivity index (χ3v) is 4.29. The molecule has 4 heteroatoms. The molecule has 1 saturated carbocycles. The Bertz CT molecular complexity index is 518. The summed E-state index contributed by atoms with van der Waals surface area (Å²) in [5.41, 5.74) is -0.465. The molecule has 4 nitrogen and oxygen atoms in total. The molecule has 0 radical (unpaired) electrons. The van der Waals surface area contributed by atoms with E-state index in [1.54, 1.807) is 6.08 Å². The van der Waals surface area contributed by atoms with Gasteiger partial charge in [0.15, 0.2) is 0 Å². The van der Waals surface area contributed by atoms with Crippen LogP contribution in [0.5, 0.6) is 0 Å². The Morgan fingerprint density at radius 1 is 1.33 bits per heavy atom. The number of carbonyl (C=O) groups excluding carboxylic acids is 1. The highest BCUT2D eigenvalue weighted by Crippen LogP contribution is 2.39. The van der Waals surface area contributed by atoms with Gasteiger partial charge in [-0.2, -0.15) is 0 Å². The zero-order valence-corrected chi connectivity index (χ0v) is 13.1. The molecule has 21 heavy (non-hydrogen) atoms. The Balaban J connectivity index is 1.80. The minimum absolute atomic E-state index is 0.206. The van der Waals surface area contributed by atoms with Crippen LogP contribution in [0.2, 0.25) is 0 Å². The van der Waals surface area contributed by atoms with Crippen LogP contribution in [-0.2, 0) is 4.79 Å². The number of hydrogen-bond acceptors (Lipinski definition) is 3. The number of rotatable bonds is 4. The average molecular weight is 291 g/mol. The Morgan fingerprint density at radius 3 is 2.57 bits per heavy atom. The predicted molar refractivity (Wildman–Crippen MR) is 82.7 cm³/mol. The average Bonchev–Trinajstić information content (AvgIpc) is 2.84. The van der Waals surface area contributed by atoms with E-state index in [0.717, 1.165) is 31.4 Å². The van der Waals surface area contributed by atoms with Crippen molar-refractivity contribution in [3.8, 4) is 0 Å². The summed E-state index contributed by atoms with van der Waals surface area (Å²) < 4.78 is 5.35. The van der Waals surface area contributed by atoms with Crippen molar-refractivity contribution in [2.75, 3.05) is 6.54 Å². The lowest BCUT2D eigenvalue weighted by atomic mass is 9.71. The Kier molecular flexibility index (Phi) is 4.57. The first-order valence-corrected chi connectivity index (χ1v) is 7.53. The zero-order valence-electron chi connectivity index (χ0n) is 13.1. The first kappa shape index (κ1) is 15.8. The summed E-state index contributed by atoms with van der Waals surface area (Å²) in [5.74, 6) is 1.26. The Labute approximate surface area is 126 Å². The number of amides is 1. The number of carbonyl (C=O) groups is 1. The highest BCUT2D eigenvalue weighted by Gasteiger charge is 2.36. The van der Waals surface area contributed by atoms with Crippen LogP contribution in [0.4, 0.5) is 0 Å². The second-order valence-electron chi connectivity index (χ2n) is 6.89. The molecule has 116 valence electrons. The Morgan fingerprint density at radius 2 is 2.00 bits per heavy atom. The Hall–Kier alpha value is -1.55. The van der Waals surface area contributed by atoms with Crippen molar-refractivity contribution < 1.29 is 14.3 Å². The molecule has 0 bridgehead atoms. The van der Waals surface area contributed by atoms with Crippen molar-refractivity contribution in [2.45, 2.75) is 52.1 Å². The molecule has 0 spiro atoms. The van der Waals surface area contributed by atoms with E-state index < -0.39 is 5.60 Å². The first-order chi connectivity index (χ1) is 9.78. The molecule has 0 aliphatic heterocycles. The standard InChI is InChI=1S/C17H25NO3/c1-13-4-5-14(21-13)6-7-15(19)18-12-17(20)10-8-16(2,3)9-11-17/h4-7,20H,8-12H2,1-3H3,(H,18,19). The largest absolute Gasteiger partial charge is 0.462 e. The van der Waals surface area contributed by atoms with Gasteiger partial charge in [-0.15, -0.1) is 0 Å². The number of aryl methyl sites for hydroxylation is 1. The fraction of sp³-hybridized carbons (Fsp3) is 0.588. The number of aliphatic hydroxyl groups is 1. The monoisotopic (exact) mass is 291 g/mol. The van der Waals surface area contributed by atoms with Crippen molar-refractivity contribution in [1.29, 1.82) is 0 Å². The van der Waals surface area contributed by atoms with Gasteiger partial charge in [0.05, 0.1) is 5.60 Å². The molecule has 0 saturated heterocycles. The van der Waals surface area contributed by atoms with Gasteiger partial charge in [-0.25, -0.2) is 0 Å². The van der Waals surface area contributed by atoms with Crippen LogP contribution < -0.4 is 5.32 Å². The van der Waals surface area contributed by atoms with E-state index >= 15 is 0 Å². The quantitative estimate of drug-likeness (QED) is 0.838. The van der Waals surface area contributed by atoms with Crippen molar-refractivity contribution >= 4 is 12.0 Å². The van der Waals surface area contributed by atoms with E-state index in [1.165, 1.54) is 6.08 Å². The molecule has 0 unspecified atom stereocenters. The molecular formula is C17H25NO3. The maximum absolute atomic E-state index is 11.8.